The molecule has 0 fully saturated rings. The average Bonchev–Trinajstić information content (AvgIpc) is 2.49. The molecule has 1 aromatic carbocycles. The van der Waals surface area contributed by atoms with E-state index in [0.717, 1.165) is 0 Å². The van der Waals surface area contributed by atoms with Crippen LogP contribution < -0.4 is 15.8 Å². The molecular weight excluding hydrogens is 277 g/mol. The molecule has 0 aliphatic carbocycles. The highest BCUT2D eigenvalue weighted by molar-refractivity contribution is 5.96. The van der Waals surface area contributed by atoms with Crippen molar-refractivity contribution < 1.29 is 18.7 Å². The highest BCUT2D eigenvalue weighted by atomic mass is 19.1. The molecule has 2 aromatic rings. The van der Waals surface area contributed by atoms with Crippen molar-refractivity contribution in [2.45, 2.75) is 0 Å². The molecule has 0 amide bonds. The molecule has 1 aromatic heterocycles. The molecular formula is C14H14FN3O3. The molecule has 3 N–H and O–H groups in total. The third kappa shape index (κ3) is 3.19. The molecule has 0 saturated heterocycles. The van der Waals surface area contributed by atoms with E-state index in [1.165, 1.54) is 44.7 Å². The van der Waals surface area contributed by atoms with Gasteiger partial charge < -0.3 is 20.5 Å². The molecule has 0 radical (unpaired) electrons. The van der Waals surface area contributed by atoms with E-state index >= 15 is 0 Å². The van der Waals surface area contributed by atoms with Gasteiger partial charge in [0, 0.05) is 6.07 Å². The molecule has 110 valence electrons. The molecule has 21 heavy (non-hydrogen) atoms. The molecule has 1 heterocycles. The Morgan fingerprint density at radius 2 is 2.10 bits per heavy atom. The molecule has 0 unspecified atom stereocenters. The Balaban J connectivity index is 2.42. The maximum Gasteiger partial charge on any atom is 0.341 e. The minimum Gasteiger partial charge on any atom is -0.494 e. The quantitative estimate of drug-likeness (QED) is 0.841. The monoisotopic (exact) mass is 291 g/mol. The minimum atomic E-state index is -0.585. The number of anilines is 3. The number of halogens is 1. The van der Waals surface area contributed by atoms with Crippen LogP contribution in [0.2, 0.25) is 0 Å². The van der Waals surface area contributed by atoms with Gasteiger partial charge in [-0.3, -0.25) is 0 Å². The fourth-order valence-electron chi connectivity index (χ4n) is 1.74. The molecule has 0 aliphatic heterocycles. The zero-order valence-electron chi connectivity index (χ0n) is 11.5. The summed E-state index contributed by atoms with van der Waals surface area (Å²) in [7, 11) is 2.67. The summed E-state index contributed by atoms with van der Waals surface area (Å²) in [5.41, 5.74) is 6.57. The number of esters is 1. The van der Waals surface area contributed by atoms with Crippen LogP contribution in [-0.2, 0) is 4.74 Å². The second kappa shape index (κ2) is 6.08. The zero-order valence-corrected chi connectivity index (χ0v) is 11.5. The van der Waals surface area contributed by atoms with E-state index in [-0.39, 0.29) is 17.1 Å². The summed E-state index contributed by atoms with van der Waals surface area (Å²) in [4.78, 5) is 15.8. The van der Waals surface area contributed by atoms with Crippen molar-refractivity contribution in [1.29, 1.82) is 0 Å². The normalized spacial score (nSPS) is 10.0. The van der Waals surface area contributed by atoms with E-state index in [4.69, 9.17) is 10.5 Å². The topological polar surface area (TPSA) is 86.5 Å². The summed E-state index contributed by atoms with van der Waals surface area (Å²) in [5, 5.41) is 2.90. The first-order valence-electron chi connectivity index (χ1n) is 5.99. The number of carbonyl (C=O) groups is 1. The molecule has 0 atom stereocenters. The molecule has 0 saturated carbocycles. The smallest absolute Gasteiger partial charge is 0.341 e. The maximum atomic E-state index is 13.2. The summed E-state index contributed by atoms with van der Waals surface area (Å²) in [5.74, 6) is -0.500. The van der Waals surface area contributed by atoms with Crippen LogP contribution >= 0.6 is 0 Å². The number of hydrogen-bond acceptors (Lipinski definition) is 6. The van der Waals surface area contributed by atoms with Crippen molar-refractivity contribution in [1.82, 2.24) is 4.98 Å². The van der Waals surface area contributed by atoms with Crippen LogP contribution in [0.25, 0.3) is 0 Å². The third-order valence-electron chi connectivity index (χ3n) is 2.73. The van der Waals surface area contributed by atoms with Gasteiger partial charge in [0.25, 0.3) is 0 Å². The zero-order chi connectivity index (χ0) is 15.4. The van der Waals surface area contributed by atoms with Crippen LogP contribution in [0.1, 0.15) is 10.4 Å². The Kier molecular flexibility index (Phi) is 4.22. The highest BCUT2D eigenvalue weighted by Gasteiger charge is 2.15. The summed E-state index contributed by atoms with van der Waals surface area (Å²) in [6.07, 6.45) is 1.39. The van der Waals surface area contributed by atoms with Gasteiger partial charge in [-0.15, -0.1) is 0 Å². The lowest BCUT2D eigenvalue weighted by Gasteiger charge is -2.13. The van der Waals surface area contributed by atoms with Crippen LogP contribution in [0.3, 0.4) is 0 Å². The lowest BCUT2D eigenvalue weighted by atomic mass is 10.2. The first-order chi connectivity index (χ1) is 10.0. The second-order valence-corrected chi connectivity index (χ2v) is 4.13. The molecule has 0 bridgehead atoms. The van der Waals surface area contributed by atoms with E-state index in [1.807, 2.05) is 0 Å². The number of nitrogen functional groups attached to an aromatic ring is 1. The second-order valence-electron chi connectivity index (χ2n) is 4.13. The van der Waals surface area contributed by atoms with Crippen LogP contribution in [0.15, 0.2) is 30.5 Å². The Morgan fingerprint density at radius 1 is 1.33 bits per heavy atom. The number of hydrogen-bond donors (Lipinski definition) is 2. The van der Waals surface area contributed by atoms with Crippen molar-refractivity contribution in [2.75, 3.05) is 25.3 Å². The van der Waals surface area contributed by atoms with Gasteiger partial charge >= 0.3 is 5.97 Å². The predicted octanol–water partition coefficient (Wildman–Crippen LogP) is 2.34. The molecule has 2 rings (SSSR count). The van der Waals surface area contributed by atoms with Gasteiger partial charge in [0.05, 0.1) is 31.8 Å². The molecule has 7 heteroatoms. The largest absolute Gasteiger partial charge is 0.494 e. The van der Waals surface area contributed by atoms with Gasteiger partial charge in [-0.2, -0.15) is 0 Å². The predicted molar refractivity (Wildman–Crippen MR) is 76.2 cm³/mol. The van der Waals surface area contributed by atoms with Crippen LogP contribution in [-0.4, -0.2) is 25.2 Å². The van der Waals surface area contributed by atoms with Gasteiger partial charge in [-0.1, -0.05) is 0 Å². The van der Waals surface area contributed by atoms with Gasteiger partial charge in [0.15, 0.2) is 0 Å². The number of carbonyl (C=O) groups excluding carboxylic acids is 1. The Bertz CT molecular complexity index is 677. The summed E-state index contributed by atoms with van der Waals surface area (Å²) < 4.78 is 22.9. The number of ether oxygens (including phenoxy) is 2. The number of nitrogens with one attached hydrogen (secondary N) is 1. The number of nitrogens with two attached hydrogens (primary N) is 1. The summed E-state index contributed by atoms with van der Waals surface area (Å²) in [6.45, 7) is 0. The SMILES string of the molecule is COC(=O)c1cc(N)cnc1Nc1ccc(F)cc1OC. The van der Waals surface area contributed by atoms with Crippen LogP contribution in [0, 0.1) is 5.82 Å². The van der Waals surface area contributed by atoms with Crippen molar-refractivity contribution >= 4 is 23.2 Å². The highest BCUT2D eigenvalue weighted by Crippen LogP contribution is 2.29. The number of rotatable bonds is 4. The van der Waals surface area contributed by atoms with Gasteiger partial charge in [-0.05, 0) is 18.2 Å². The van der Waals surface area contributed by atoms with E-state index in [1.54, 1.807) is 0 Å². The van der Waals surface area contributed by atoms with E-state index < -0.39 is 11.8 Å². The Morgan fingerprint density at radius 3 is 2.76 bits per heavy atom. The van der Waals surface area contributed by atoms with Gasteiger partial charge in [-0.25, -0.2) is 14.2 Å². The standard InChI is InChI=1S/C14H14FN3O3/c1-20-12-5-8(15)3-4-11(12)18-13-10(14(19)21-2)6-9(16)7-17-13/h3-7H,16H2,1-2H3,(H,17,18). The van der Waals surface area contributed by atoms with E-state index in [2.05, 4.69) is 15.0 Å². The van der Waals surface area contributed by atoms with Crippen molar-refractivity contribution in [3.05, 3.63) is 41.8 Å². The first kappa shape index (κ1) is 14.6. The summed E-state index contributed by atoms with van der Waals surface area (Å²) >= 11 is 0. The van der Waals surface area contributed by atoms with Gasteiger partial charge in [0.2, 0.25) is 0 Å². The lowest BCUT2D eigenvalue weighted by Crippen LogP contribution is -2.09. The van der Waals surface area contributed by atoms with Crippen molar-refractivity contribution in [2.24, 2.45) is 0 Å². The molecule has 0 aliphatic rings. The average molecular weight is 291 g/mol. The van der Waals surface area contributed by atoms with Crippen LogP contribution in [0.5, 0.6) is 5.75 Å². The molecule has 6 nitrogen and oxygen atoms in total. The Labute approximate surface area is 120 Å². The van der Waals surface area contributed by atoms with E-state index in [0.29, 0.717) is 11.4 Å². The van der Waals surface area contributed by atoms with E-state index in [9.17, 15) is 9.18 Å². The van der Waals surface area contributed by atoms with Crippen LogP contribution in [0.4, 0.5) is 21.6 Å². The maximum absolute atomic E-state index is 13.2. The fraction of sp³-hybridized carbons (Fsp3) is 0.143. The summed E-state index contributed by atoms with van der Waals surface area (Å²) in [6, 6.07) is 5.40. The van der Waals surface area contributed by atoms with Crippen molar-refractivity contribution in [3.8, 4) is 5.75 Å². The number of pyridine rings is 1. The number of benzene rings is 1. The first-order valence-corrected chi connectivity index (χ1v) is 5.99. The third-order valence-corrected chi connectivity index (χ3v) is 2.73. The number of nitrogens with zero attached hydrogens (tertiary/aromatic N) is 1. The molecule has 0 spiro atoms. The number of methoxy groups -OCH3 is 2. The number of aromatic nitrogens is 1. The fourth-order valence-corrected chi connectivity index (χ4v) is 1.74. The minimum absolute atomic E-state index is 0.170. The lowest BCUT2D eigenvalue weighted by molar-refractivity contribution is 0.0601. The Hall–Kier alpha value is -2.83. The van der Waals surface area contributed by atoms with Gasteiger partial charge in [0.1, 0.15) is 22.9 Å². The van der Waals surface area contributed by atoms with Crippen molar-refractivity contribution in [3.63, 3.8) is 0 Å².